The van der Waals surface area contributed by atoms with E-state index < -0.39 is 17.3 Å². The molecule has 1 N–H and O–H groups in total. The average molecular weight is 327 g/mol. The molecule has 0 aromatic heterocycles. The third kappa shape index (κ3) is 3.10. The molecule has 0 spiro atoms. The average Bonchev–Trinajstić information content (AvgIpc) is 2.87. The highest BCUT2D eigenvalue weighted by Gasteiger charge is 2.29. The summed E-state index contributed by atoms with van der Waals surface area (Å²) in [5, 5.41) is 2.06. The Kier molecular flexibility index (Phi) is 4.39. The SMILES string of the molecule is C[C@H](NC(=O)OCC1c2ccccc2-c2ccccc21)C(=O)S. The molecule has 3 rings (SSSR count). The van der Waals surface area contributed by atoms with Crippen LogP contribution in [0.5, 0.6) is 0 Å². The van der Waals surface area contributed by atoms with Gasteiger partial charge in [0.15, 0.2) is 0 Å². The second-order valence-electron chi connectivity index (χ2n) is 5.53. The van der Waals surface area contributed by atoms with Gasteiger partial charge >= 0.3 is 6.09 Å². The molecule has 118 valence electrons. The van der Waals surface area contributed by atoms with E-state index in [9.17, 15) is 9.59 Å². The van der Waals surface area contributed by atoms with E-state index in [1.165, 1.54) is 11.1 Å². The summed E-state index contributed by atoms with van der Waals surface area (Å²) >= 11 is 3.69. The molecule has 2 aromatic rings. The van der Waals surface area contributed by atoms with Crippen molar-refractivity contribution >= 4 is 23.8 Å². The predicted molar refractivity (Wildman–Crippen MR) is 91.7 cm³/mol. The summed E-state index contributed by atoms with van der Waals surface area (Å²) in [5.74, 6) is 0.00941. The molecule has 1 aliphatic rings. The summed E-state index contributed by atoms with van der Waals surface area (Å²) in [6.07, 6.45) is -0.609. The number of ether oxygens (including phenoxy) is 1. The van der Waals surface area contributed by atoms with Crippen LogP contribution in [0.4, 0.5) is 4.79 Å². The highest BCUT2D eigenvalue weighted by atomic mass is 32.1. The van der Waals surface area contributed by atoms with Gasteiger partial charge in [0.1, 0.15) is 6.61 Å². The Bertz CT molecular complexity index is 714. The van der Waals surface area contributed by atoms with Crippen molar-refractivity contribution in [3.05, 3.63) is 59.7 Å². The van der Waals surface area contributed by atoms with Gasteiger partial charge in [0, 0.05) is 5.92 Å². The van der Waals surface area contributed by atoms with E-state index in [2.05, 4.69) is 42.2 Å². The minimum atomic E-state index is -0.672. The predicted octanol–water partition coefficient (Wildman–Crippen LogP) is 3.37. The molecule has 0 fully saturated rings. The lowest BCUT2D eigenvalue weighted by atomic mass is 9.98. The molecule has 4 nitrogen and oxygen atoms in total. The van der Waals surface area contributed by atoms with Crippen molar-refractivity contribution in [1.82, 2.24) is 5.32 Å². The first-order valence-corrected chi connectivity index (χ1v) is 7.87. The maximum Gasteiger partial charge on any atom is 0.407 e. The van der Waals surface area contributed by atoms with Crippen LogP contribution in [0.15, 0.2) is 48.5 Å². The lowest BCUT2D eigenvalue weighted by molar-refractivity contribution is -0.112. The number of alkyl carbamates (subject to hydrolysis) is 1. The zero-order valence-electron chi connectivity index (χ0n) is 12.7. The molecule has 0 bridgehead atoms. The normalized spacial score (nSPS) is 13.8. The number of nitrogens with one attached hydrogen (secondary N) is 1. The zero-order chi connectivity index (χ0) is 16.4. The lowest BCUT2D eigenvalue weighted by Crippen LogP contribution is -2.37. The molecule has 2 aromatic carbocycles. The molecule has 1 amide bonds. The van der Waals surface area contributed by atoms with Crippen molar-refractivity contribution in [2.24, 2.45) is 0 Å². The number of hydrogen-bond acceptors (Lipinski definition) is 3. The summed E-state index contributed by atoms with van der Waals surface area (Å²) in [7, 11) is 0. The molecule has 5 heteroatoms. The summed E-state index contributed by atoms with van der Waals surface area (Å²) in [4.78, 5) is 22.9. The Hall–Kier alpha value is -2.27. The van der Waals surface area contributed by atoms with Crippen LogP contribution in [0.1, 0.15) is 24.0 Å². The maximum absolute atomic E-state index is 11.8. The summed E-state index contributed by atoms with van der Waals surface area (Å²) in [6, 6.07) is 15.6. The molecule has 0 aliphatic heterocycles. The number of carbonyl (C=O) groups is 2. The minimum Gasteiger partial charge on any atom is -0.449 e. The molecule has 0 unspecified atom stereocenters. The van der Waals surface area contributed by atoms with E-state index in [1.54, 1.807) is 6.92 Å². The Morgan fingerprint density at radius 2 is 1.61 bits per heavy atom. The van der Waals surface area contributed by atoms with Crippen LogP contribution >= 0.6 is 12.6 Å². The van der Waals surface area contributed by atoms with Crippen molar-refractivity contribution in [2.45, 2.75) is 18.9 Å². The molecule has 0 saturated carbocycles. The Morgan fingerprint density at radius 3 is 2.13 bits per heavy atom. The van der Waals surface area contributed by atoms with E-state index in [-0.39, 0.29) is 12.5 Å². The van der Waals surface area contributed by atoms with Gasteiger partial charge < -0.3 is 10.1 Å². The first-order chi connectivity index (χ1) is 11.1. The van der Waals surface area contributed by atoms with Gasteiger partial charge in [0.2, 0.25) is 5.12 Å². The summed E-state index contributed by atoms with van der Waals surface area (Å²) < 4.78 is 5.32. The van der Waals surface area contributed by atoms with Gasteiger partial charge in [-0.1, -0.05) is 48.5 Å². The Labute approximate surface area is 140 Å². The van der Waals surface area contributed by atoms with Crippen molar-refractivity contribution in [2.75, 3.05) is 6.61 Å². The van der Waals surface area contributed by atoms with Crippen molar-refractivity contribution in [1.29, 1.82) is 0 Å². The number of fused-ring (bicyclic) bond motifs is 3. The monoisotopic (exact) mass is 327 g/mol. The summed E-state index contributed by atoms with van der Waals surface area (Å²) in [6.45, 7) is 1.80. The van der Waals surface area contributed by atoms with E-state index in [0.29, 0.717) is 0 Å². The molecule has 0 radical (unpaired) electrons. The fourth-order valence-electron chi connectivity index (χ4n) is 2.88. The van der Waals surface area contributed by atoms with Crippen molar-refractivity contribution in [3.63, 3.8) is 0 Å². The molecule has 0 heterocycles. The van der Waals surface area contributed by atoms with Gasteiger partial charge in [-0.2, -0.15) is 0 Å². The third-order valence-electron chi connectivity index (χ3n) is 4.05. The van der Waals surface area contributed by atoms with Crippen LogP contribution in [0.25, 0.3) is 11.1 Å². The molecular formula is C18H17NO3S. The van der Waals surface area contributed by atoms with Gasteiger partial charge in [0.25, 0.3) is 0 Å². The second kappa shape index (κ2) is 6.46. The minimum absolute atomic E-state index is 0.00941. The van der Waals surface area contributed by atoms with Gasteiger partial charge in [-0.15, -0.1) is 12.6 Å². The number of hydrogen-bond donors (Lipinski definition) is 2. The molecule has 1 aliphatic carbocycles. The quantitative estimate of drug-likeness (QED) is 0.847. The van der Waals surface area contributed by atoms with Crippen molar-refractivity contribution in [3.8, 4) is 11.1 Å². The van der Waals surface area contributed by atoms with E-state index in [0.717, 1.165) is 11.1 Å². The Balaban J connectivity index is 1.76. The number of benzene rings is 2. The van der Waals surface area contributed by atoms with Crippen LogP contribution in [0.3, 0.4) is 0 Å². The van der Waals surface area contributed by atoms with Gasteiger partial charge in [0.05, 0.1) is 6.04 Å². The number of rotatable bonds is 4. The second-order valence-corrected chi connectivity index (χ2v) is 5.97. The molecular weight excluding hydrogens is 310 g/mol. The number of carbonyl (C=O) groups excluding carboxylic acids is 2. The first-order valence-electron chi connectivity index (χ1n) is 7.42. The third-order valence-corrected chi connectivity index (χ3v) is 4.44. The smallest absolute Gasteiger partial charge is 0.407 e. The highest BCUT2D eigenvalue weighted by Crippen LogP contribution is 2.44. The van der Waals surface area contributed by atoms with E-state index in [1.807, 2.05) is 24.3 Å². The van der Waals surface area contributed by atoms with Crippen LogP contribution in [-0.4, -0.2) is 23.9 Å². The molecule has 1 atom stereocenters. The number of thiol groups is 1. The largest absolute Gasteiger partial charge is 0.449 e. The van der Waals surface area contributed by atoms with Crippen LogP contribution in [-0.2, 0) is 9.53 Å². The van der Waals surface area contributed by atoms with E-state index in [4.69, 9.17) is 4.74 Å². The maximum atomic E-state index is 11.8. The molecule has 0 saturated heterocycles. The van der Waals surface area contributed by atoms with Crippen molar-refractivity contribution < 1.29 is 14.3 Å². The van der Waals surface area contributed by atoms with E-state index >= 15 is 0 Å². The first kappa shape index (κ1) is 15.6. The standard InChI is InChI=1S/C18H17NO3S/c1-11(17(20)23)19-18(21)22-10-16-14-8-4-2-6-12(14)13-7-3-5-9-15(13)16/h2-9,11,16H,10H2,1H3,(H,19,21)(H,20,23)/t11-/m0/s1. The van der Waals surface area contributed by atoms with Gasteiger partial charge in [-0.05, 0) is 29.2 Å². The Morgan fingerprint density at radius 1 is 1.09 bits per heavy atom. The van der Waals surface area contributed by atoms with Crippen LogP contribution < -0.4 is 5.32 Å². The summed E-state index contributed by atoms with van der Waals surface area (Å²) in [5.41, 5.74) is 4.66. The van der Waals surface area contributed by atoms with Gasteiger partial charge in [-0.3, -0.25) is 4.79 Å². The zero-order valence-corrected chi connectivity index (χ0v) is 13.5. The fraction of sp³-hybridized carbons (Fsp3) is 0.222. The highest BCUT2D eigenvalue weighted by molar-refractivity contribution is 7.96. The van der Waals surface area contributed by atoms with Crippen LogP contribution in [0.2, 0.25) is 0 Å². The lowest BCUT2D eigenvalue weighted by Gasteiger charge is -2.15. The fourth-order valence-corrected chi connectivity index (χ4v) is 2.94. The number of amides is 1. The van der Waals surface area contributed by atoms with Gasteiger partial charge in [-0.25, -0.2) is 4.79 Å². The molecule has 23 heavy (non-hydrogen) atoms. The topological polar surface area (TPSA) is 55.4 Å². The van der Waals surface area contributed by atoms with Crippen LogP contribution in [0, 0.1) is 0 Å².